The molecule has 2 aromatic heterocycles. The van der Waals surface area contributed by atoms with E-state index in [1.165, 1.54) is 0 Å². The highest BCUT2D eigenvalue weighted by Gasteiger charge is 2.21. The van der Waals surface area contributed by atoms with Gasteiger partial charge in [-0.05, 0) is 25.8 Å². The summed E-state index contributed by atoms with van der Waals surface area (Å²) in [5.74, 6) is 0.920. The lowest BCUT2D eigenvalue weighted by Crippen LogP contribution is -2.43. The van der Waals surface area contributed by atoms with E-state index >= 15 is 0 Å². The Labute approximate surface area is 124 Å². The zero-order chi connectivity index (χ0) is 14.5. The molecule has 1 saturated heterocycles. The molecule has 0 amide bonds. The van der Waals surface area contributed by atoms with Gasteiger partial charge in [0.25, 0.3) is 0 Å². The van der Waals surface area contributed by atoms with Gasteiger partial charge in [0.2, 0.25) is 0 Å². The summed E-state index contributed by atoms with van der Waals surface area (Å²) in [7, 11) is 0. The Morgan fingerprint density at radius 3 is 3.05 bits per heavy atom. The normalized spacial score (nSPS) is 18.7. The van der Waals surface area contributed by atoms with Crippen molar-refractivity contribution in [1.29, 1.82) is 0 Å². The monoisotopic (exact) mass is 285 g/mol. The molecule has 1 fully saturated rings. The molecule has 3 heterocycles. The average molecular weight is 285 g/mol. The largest absolute Gasteiger partial charge is 0.375 e. The summed E-state index contributed by atoms with van der Waals surface area (Å²) in [6.45, 7) is 4.42. The van der Waals surface area contributed by atoms with Gasteiger partial charge in [0, 0.05) is 36.9 Å². The molecule has 3 rings (SSSR count). The van der Waals surface area contributed by atoms with Gasteiger partial charge in [-0.15, -0.1) is 0 Å². The lowest BCUT2D eigenvalue weighted by atomic mass is 10.1. The van der Waals surface area contributed by atoms with E-state index < -0.39 is 0 Å². The van der Waals surface area contributed by atoms with Crippen LogP contribution in [0.1, 0.15) is 17.8 Å². The van der Waals surface area contributed by atoms with Crippen molar-refractivity contribution in [3.8, 4) is 0 Å². The Bertz CT molecular complexity index is 577. The van der Waals surface area contributed by atoms with E-state index in [-0.39, 0.29) is 6.10 Å². The molecule has 0 N–H and O–H groups in total. The van der Waals surface area contributed by atoms with E-state index in [1.807, 2.05) is 13.0 Å². The minimum absolute atomic E-state index is 0.205. The number of anilines is 1. The van der Waals surface area contributed by atoms with E-state index in [2.05, 4.69) is 24.8 Å². The van der Waals surface area contributed by atoms with E-state index in [0.717, 1.165) is 49.7 Å². The molecule has 0 unspecified atom stereocenters. The average Bonchev–Trinajstić information content (AvgIpc) is 2.54. The van der Waals surface area contributed by atoms with Crippen LogP contribution in [-0.2, 0) is 11.2 Å². The maximum absolute atomic E-state index is 5.85. The van der Waals surface area contributed by atoms with Crippen LogP contribution < -0.4 is 4.90 Å². The SMILES string of the molecule is Cc1cc(CC[C@H]2CN(c3cnccn3)CCO2)ncn1. The molecular formula is C15H19N5O. The Hall–Kier alpha value is -2.08. The number of morpholine rings is 1. The third kappa shape index (κ3) is 3.72. The van der Waals surface area contributed by atoms with Crippen LogP contribution >= 0.6 is 0 Å². The smallest absolute Gasteiger partial charge is 0.147 e. The van der Waals surface area contributed by atoms with Gasteiger partial charge in [0.1, 0.15) is 12.1 Å². The first-order valence-corrected chi connectivity index (χ1v) is 7.21. The van der Waals surface area contributed by atoms with E-state index in [0.29, 0.717) is 0 Å². The van der Waals surface area contributed by atoms with Crippen molar-refractivity contribution in [3.63, 3.8) is 0 Å². The Balaban J connectivity index is 1.57. The minimum atomic E-state index is 0.205. The van der Waals surface area contributed by atoms with Crippen LogP contribution in [0.4, 0.5) is 5.82 Å². The molecule has 1 aliphatic heterocycles. The molecule has 0 aliphatic carbocycles. The lowest BCUT2D eigenvalue weighted by molar-refractivity contribution is 0.0350. The van der Waals surface area contributed by atoms with Crippen molar-refractivity contribution >= 4 is 5.82 Å². The van der Waals surface area contributed by atoms with Crippen LogP contribution in [0.3, 0.4) is 0 Å². The first-order valence-electron chi connectivity index (χ1n) is 7.21. The van der Waals surface area contributed by atoms with Crippen molar-refractivity contribution < 1.29 is 4.74 Å². The molecule has 110 valence electrons. The van der Waals surface area contributed by atoms with Crippen LogP contribution in [0.25, 0.3) is 0 Å². The number of hydrogen-bond donors (Lipinski definition) is 0. The minimum Gasteiger partial charge on any atom is -0.375 e. The summed E-state index contributed by atoms with van der Waals surface area (Å²) in [4.78, 5) is 19.1. The molecule has 6 nitrogen and oxygen atoms in total. The van der Waals surface area contributed by atoms with Gasteiger partial charge in [0.15, 0.2) is 0 Å². The quantitative estimate of drug-likeness (QED) is 0.846. The van der Waals surface area contributed by atoms with E-state index in [1.54, 1.807) is 24.9 Å². The standard InChI is InChI=1S/C15H19N5O/c1-12-8-13(19-11-18-12)2-3-14-10-20(6-7-21-14)15-9-16-4-5-17-15/h4-5,8-9,11,14H,2-3,6-7,10H2,1H3/t14-/m0/s1. The molecule has 1 aliphatic rings. The number of rotatable bonds is 4. The Kier molecular flexibility index (Phi) is 4.35. The predicted molar refractivity (Wildman–Crippen MR) is 79.1 cm³/mol. The van der Waals surface area contributed by atoms with Gasteiger partial charge in [-0.25, -0.2) is 15.0 Å². The van der Waals surface area contributed by atoms with Crippen molar-refractivity contribution in [2.24, 2.45) is 0 Å². The van der Waals surface area contributed by atoms with Crippen molar-refractivity contribution in [3.05, 3.63) is 42.4 Å². The highest BCUT2D eigenvalue weighted by Crippen LogP contribution is 2.16. The van der Waals surface area contributed by atoms with Gasteiger partial charge in [-0.2, -0.15) is 0 Å². The number of aryl methyl sites for hydroxylation is 2. The fourth-order valence-corrected chi connectivity index (χ4v) is 2.51. The number of aromatic nitrogens is 4. The highest BCUT2D eigenvalue weighted by molar-refractivity contribution is 5.35. The zero-order valence-corrected chi connectivity index (χ0v) is 12.1. The molecule has 21 heavy (non-hydrogen) atoms. The van der Waals surface area contributed by atoms with Crippen LogP contribution in [0.15, 0.2) is 31.0 Å². The van der Waals surface area contributed by atoms with Gasteiger partial charge < -0.3 is 9.64 Å². The third-order valence-corrected chi connectivity index (χ3v) is 3.60. The molecule has 0 saturated carbocycles. The summed E-state index contributed by atoms with van der Waals surface area (Å²) < 4.78 is 5.85. The first-order chi connectivity index (χ1) is 10.3. The molecule has 0 bridgehead atoms. The van der Waals surface area contributed by atoms with Gasteiger partial charge in [-0.1, -0.05) is 0 Å². The molecule has 6 heteroatoms. The van der Waals surface area contributed by atoms with Crippen LogP contribution in [0.5, 0.6) is 0 Å². The summed E-state index contributed by atoms with van der Waals surface area (Å²) in [6.07, 6.45) is 8.91. The van der Waals surface area contributed by atoms with E-state index in [9.17, 15) is 0 Å². The molecular weight excluding hydrogens is 266 g/mol. The third-order valence-electron chi connectivity index (χ3n) is 3.60. The van der Waals surface area contributed by atoms with Crippen molar-refractivity contribution in [1.82, 2.24) is 19.9 Å². The Morgan fingerprint density at radius 2 is 2.24 bits per heavy atom. The summed E-state index contributed by atoms with van der Waals surface area (Å²) in [5.41, 5.74) is 2.08. The summed E-state index contributed by atoms with van der Waals surface area (Å²) >= 11 is 0. The second-order valence-electron chi connectivity index (χ2n) is 5.19. The maximum Gasteiger partial charge on any atom is 0.147 e. The topological polar surface area (TPSA) is 64.0 Å². The van der Waals surface area contributed by atoms with Gasteiger partial charge >= 0.3 is 0 Å². The second kappa shape index (κ2) is 6.58. The maximum atomic E-state index is 5.85. The lowest BCUT2D eigenvalue weighted by Gasteiger charge is -2.33. The van der Waals surface area contributed by atoms with Crippen LogP contribution in [0.2, 0.25) is 0 Å². The first kappa shape index (κ1) is 13.9. The molecule has 0 radical (unpaired) electrons. The fourth-order valence-electron chi connectivity index (χ4n) is 2.51. The van der Waals surface area contributed by atoms with Crippen molar-refractivity contribution in [2.75, 3.05) is 24.6 Å². The molecule has 0 spiro atoms. The van der Waals surface area contributed by atoms with Crippen LogP contribution in [0, 0.1) is 6.92 Å². The number of nitrogens with zero attached hydrogens (tertiary/aromatic N) is 5. The van der Waals surface area contributed by atoms with Gasteiger partial charge in [-0.3, -0.25) is 4.98 Å². The van der Waals surface area contributed by atoms with E-state index in [4.69, 9.17) is 4.74 Å². The van der Waals surface area contributed by atoms with Crippen LogP contribution in [-0.4, -0.2) is 45.7 Å². The molecule has 0 aromatic carbocycles. The summed E-state index contributed by atoms with van der Waals surface area (Å²) in [6, 6.07) is 2.03. The fraction of sp³-hybridized carbons (Fsp3) is 0.467. The summed E-state index contributed by atoms with van der Waals surface area (Å²) in [5, 5.41) is 0. The zero-order valence-electron chi connectivity index (χ0n) is 12.1. The predicted octanol–water partition coefficient (Wildman–Crippen LogP) is 1.41. The number of ether oxygens (including phenoxy) is 1. The Morgan fingerprint density at radius 1 is 1.29 bits per heavy atom. The molecule has 1 atom stereocenters. The molecule has 2 aromatic rings. The highest BCUT2D eigenvalue weighted by atomic mass is 16.5. The second-order valence-corrected chi connectivity index (χ2v) is 5.19. The van der Waals surface area contributed by atoms with Gasteiger partial charge in [0.05, 0.1) is 18.9 Å². The van der Waals surface area contributed by atoms with Crippen molar-refractivity contribution in [2.45, 2.75) is 25.9 Å². The number of hydrogen-bond acceptors (Lipinski definition) is 6.